The van der Waals surface area contributed by atoms with Crippen molar-refractivity contribution in [3.05, 3.63) is 59.9 Å². The van der Waals surface area contributed by atoms with E-state index in [0.717, 1.165) is 37.6 Å². The predicted octanol–water partition coefficient (Wildman–Crippen LogP) is 3.11. The van der Waals surface area contributed by atoms with Crippen LogP contribution in [0, 0.1) is 12.7 Å². The van der Waals surface area contributed by atoms with Crippen molar-refractivity contribution in [1.29, 1.82) is 0 Å². The molecular formula is C24H25FN8O2. The van der Waals surface area contributed by atoms with E-state index >= 15 is 4.39 Å². The van der Waals surface area contributed by atoms with E-state index in [4.69, 9.17) is 4.74 Å². The van der Waals surface area contributed by atoms with Gasteiger partial charge in [0.1, 0.15) is 17.7 Å². The zero-order valence-electron chi connectivity index (χ0n) is 19.4. The van der Waals surface area contributed by atoms with E-state index in [2.05, 4.69) is 40.8 Å². The maximum atomic E-state index is 15.1. The van der Waals surface area contributed by atoms with Crippen molar-refractivity contribution < 1.29 is 13.9 Å². The topological polar surface area (TPSA) is 120 Å². The summed E-state index contributed by atoms with van der Waals surface area (Å²) in [6.07, 6.45) is 3.02. The maximum Gasteiger partial charge on any atom is 0.260 e. The van der Waals surface area contributed by atoms with Crippen molar-refractivity contribution in [1.82, 2.24) is 30.6 Å². The Morgan fingerprint density at radius 2 is 1.97 bits per heavy atom. The molecule has 0 saturated carbocycles. The number of aromatic amines is 1. The Labute approximate surface area is 200 Å². The lowest BCUT2D eigenvalue weighted by Crippen LogP contribution is -2.43. The molecule has 1 aliphatic rings. The van der Waals surface area contributed by atoms with Gasteiger partial charge >= 0.3 is 0 Å². The summed E-state index contributed by atoms with van der Waals surface area (Å²) in [4.78, 5) is 30.9. The third-order valence-electron chi connectivity index (χ3n) is 5.79. The van der Waals surface area contributed by atoms with Gasteiger partial charge in [0.2, 0.25) is 5.88 Å². The van der Waals surface area contributed by atoms with Gasteiger partial charge in [-0.1, -0.05) is 0 Å². The van der Waals surface area contributed by atoms with E-state index in [0.29, 0.717) is 16.7 Å². The van der Waals surface area contributed by atoms with E-state index in [9.17, 15) is 4.79 Å². The molecule has 3 aromatic heterocycles. The number of carbonyl (C=O) groups excluding carboxylic acids is 1. The van der Waals surface area contributed by atoms with Crippen LogP contribution < -0.4 is 25.6 Å². The summed E-state index contributed by atoms with van der Waals surface area (Å²) in [6, 6.07) is 8.68. The third-order valence-corrected chi connectivity index (χ3v) is 5.79. The number of amides is 1. The summed E-state index contributed by atoms with van der Waals surface area (Å²) >= 11 is 0. The molecular weight excluding hydrogens is 451 g/mol. The molecule has 5 rings (SSSR count). The monoisotopic (exact) mass is 476 g/mol. The first kappa shape index (κ1) is 22.5. The number of nitrogens with zero attached hydrogens (tertiary/aromatic N) is 4. The quantitative estimate of drug-likeness (QED) is 0.335. The van der Waals surface area contributed by atoms with Crippen LogP contribution in [-0.4, -0.2) is 59.1 Å². The van der Waals surface area contributed by atoms with Crippen molar-refractivity contribution in [2.45, 2.75) is 6.92 Å². The number of benzene rings is 1. The SMILES string of the molecule is CNC(=O)c1c(Nc2ccc(N3CCNCC3)cn2)ncnc1Oc1ccc2[nH]c(C)cc2c1F. The van der Waals surface area contributed by atoms with Gasteiger partial charge in [-0.3, -0.25) is 4.79 Å². The highest BCUT2D eigenvalue weighted by Gasteiger charge is 2.22. The highest BCUT2D eigenvalue weighted by Crippen LogP contribution is 2.33. The number of halogens is 1. The van der Waals surface area contributed by atoms with Crippen LogP contribution in [0.25, 0.3) is 10.9 Å². The molecule has 1 amide bonds. The molecule has 0 aliphatic carbocycles. The highest BCUT2D eigenvalue weighted by molar-refractivity contribution is 6.01. The second-order valence-electron chi connectivity index (χ2n) is 8.14. The van der Waals surface area contributed by atoms with Crippen molar-refractivity contribution in [3.8, 4) is 11.6 Å². The minimum atomic E-state index is -0.548. The molecule has 35 heavy (non-hydrogen) atoms. The van der Waals surface area contributed by atoms with Crippen LogP contribution in [0.3, 0.4) is 0 Å². The van der Waals surface area contributed by atoms with Crippen LogP contribution >= 0.6 is 0 Å². The molecule has 1 aromatic carbocycles. The molecule has 180 valence electrons. The van der Waals surface area contributed by atoms with Gasteiger partial charge < -0.3 is 30.6 Å². The fourth-order valence-corrected chi connectivity index (χ4v) is 4.03. The number of hydrogen-bond acceptors (Lipinski definition) is 8. The second kappa shape index (κ2) is 9.55. The molecule has 0 bridgehead atoms. The fourth-order valence-electron chi connectivity index (χ4n) is 4.03. The summed E-state index contributed by atoms with van der Waals surface area (Å²) in [5.74, 6) is -0.480. The van der Waals surface area contributed by atoms with Crippen molar-refractivity contribution in [3.63, 3.8) is 0 Å². The molecule has 1 aliphatic heterocycles. The fraction of sp³-hybridized carbons (Fsp3) is 0.250. The molecule has 0 unspecified atom stereocenters. The summed E-state index contributed by atoms with van der Waals surface area (Å²) in [5, 5.41) is 9.34. The van der Waals surface area contributed by atoms with Crippen LogP contribution in [0.15, 0.2) is 42.9 Å². The van der Waals surface area contributed by atoms with Gasteiger partial charge in [0, 0.05) is 49.8 Å². The minimum absolute atomic E-state index is 0.0349. The van der Waals surface area contributed by atoms with Gasteiger partial charge in [0.25, 0.3) is 5.91 Å². The van der Waals surface area contributed by atoms with Gasteiger partial charge in [-0.15, -0.1) is 0 Å². The number of ether oxygens (including phenoxy) is 1. The van der Waals surface area contributed by atoms with Crippen LogP contribution in [0.5, 0.6) is 11.6 Å². The Balaban J connectivity index is 1.44. The minimum Gasteiger partial charge on any atom is -0.435 e. The molecule has 4 heterocycles. The molecule has 11 heteroatoms. The van der Waals surface area contributed by atoms with E-state index < -0.39 is 11.7 Å². The van der Waals surface area contributed by atoms with Gasteiger partial charge in [-0.2, -0.15) is 0 Å². The number of nitrogens with one attached hydrogen (secondary N) is 4. The lowest BCUT2D eigenvalue weighted by atomic mass is 10.2. The average Bonchev–Trinajstić information content (AvgIpc) is 3.28. The second-order valence-corrected chi connectivity index (χ2v) is 8.14. The Morgan fingerprint density at radius 1 is 1.14 bits per heavy atom. The normalized spacial score (nSPS) is 13.6. The zero-order chi connectivity index (χ0) is 24.4. The number of anilines is 3. The average molecular weight is 477 g/mol. The molecule has 1 fully saturated rings. The number of piperazine rings is 1. The molecule has 0 radical (unpaired) electrons. The van der Waals surface area contributed by atoms with E-state index in [1.807, 2.05) is 19.1 Å². The molecule has 4 aromatic rings. The van der Waals surface area contributed by atoms with E-state index in [1.165, 1.54) is 19.4 Å². The van der Waals surface area contributed by atoms with E-state index in [1.54, 1.807) is 18.3 Å². The van der Waals surface area contributed by atoms with Crippen LogP contribution in [0.1, 0.15) is 16.1 Å². The zero-order valence-corrected chi connectivity index (χ0v) is 19.4. The van der Waals surface area contributed by atoms with E-state index in [-0.39, 0.29) is 23.0 Å². The Morgan fingerprint density at radius 3 is 2.71 bits per heavy atom. The number of H-pyrrole nitrogens is 1. The Bertz CT molecular complexity index is 1370. The summed E-state index contributed by atoms with van der Waals surface area (Å²) < 4.78 is 20.9. The van der Waals surface area contributed by atoms with Crippen LogP contribution in [0.2, 0.25) is 0 Å². The van der Waals surface area contributed by atoms with Crippen molar-refractivity contribution in [2.75, 3.05) is 43.4 Å². The molecule has 10 nitrogen and oxygen atoms in total. The smallest absolute Gasteiger partial charge is 0.260 e. The first-order chi connectivity index (χ1) is 17.0. The number of hydrogen-bond donors (Lipinski definition) is 4. The number of rotatable bonds is 6. The van der Waals surface area contributed by atoms with Gasteiger partial charge in [-0.05, 0) is 37.3 Å². The Kier molecular flexibility index (Phi) is 6.15. The van der Waals surface area contributed by atoms with Crippen molar-refractivity contribution >= 4 is 34.1 Å². The van der Waals surface area contributed by atoms with Crippen LogP contribution in [-0.2, 0) is 0 Å². The Hall–Kier alpha value is -4.25. The first-order valence-corrected chi connectivity index (χ1v) is 11.2. The van der Waals surface area contributed by atoms with Crippen molar-refractivity contribution in [2.24, 2.45) is 0 Å². The highest BCUT2D eigenvalue weighted by atomic mass is 19.1. The molecule has 0 spiro atoms. The number of fused-ring (bicyclic) bond motifs is 1. The third kappa shape index (κ3) is 4.58. The number of aryl methyl sites for hydroxylation is 1. The molecule has 1 saturated heterocycles. The summed E-state index contributed by atoms with van der Waals surface area (Å²) in [5.41, 5.74) is 2.53. The number of aromatic nitrogens is 4. The number of carbonyl (C=O) groups is 1. The summed E-state index contributed by atoms with van der Waals surface area (Å²) in [6.45, 7) is 5.52. The predicted molar refractivity (Wildman–Crippen MR) is 131 cm³/mol. The first-order valence-electron chi connectivity index (χ1n) is 11.2. The van der Waals surface area contributed by atoms with Gasteiger partial charge in [0.15, 0.2) is 17.4 Å². The van der Waals surface area contributed by atoms with Gasteiger partial charge in [0.05, 0.1) is 11.9 Å². The van der Waals surface area contributed by atoms with Crippen LogP contribution in [0.4, 0.5) is 21.7 Å². The standard InChI is InChI=1S/C24H25FN8O2/c1-14-11-16-17(31-14)4-5-18(21(16)25)35-24-20(23(34)26-2)22(29-13-30-24)32-19-6-3-15(12-28-19)33-9-7-27-8-10-33/h3-6,11-13,27,31H,7-10H2,1-2H3,(H,26,34)(H,28,29,30,32). The lowest BCUT2D eigenvalue weighted by Gasteiger charge is -2.29. The summed E-state index contributed by atoms with van der Waals surface area (Å²) in [7, 11) is 1.48. The maximum absolute atomic E-state index is 15.1. The molecule has 0 atom stereocenters. The number of pyridine rings is 1. The molecule has 4 N–H and O–H groups in total. The van der Waals surface area contributed by atoms with Gasteiger partial charge in [-0.25, -0.2) is 19.3 Å². The lowest BCUT2D eigenvalue weighted by molar-refractivity contribution is 0.0960. The largest absolute Gasteiger partial charge is 0.435 e.